The molecule has 4 N–H and O–H groups in total. The molecule has 19 heavy (non-hydrogen) atoms. The van der Waals surface area contributed by atoms with Gasteiger partial charge in [-0.15, -0.1) is 0 Å². The molecule has 7 nitrogen and oxygen atoms in total. The number of nitrogens with one attached hydrogen (secondary N) is 1. The highest BCUT2D eigenvalue weighted by Gasteiger charge is 2.42. The van der Waals surface area contributed by atoms with Crippen LogP contribution in [0.15, 0.2) is 5.16 Å². The van der Waals surface area contributed by atoms with E-state index in [0.29, 0.717) is 19.3 Å². The molecule has 8 heteroatoms. The molecule has 1 aliphatic heterocycles. The summed E-state index contributed by atoms with van der Waals surface area (Å²) in [5.41, 5.74) is 4.87. The highest BCUT2D eigenvalue weighted by molar-refractivity contribution is 7.91. The summed E-state index contributed by atoms with van der Waals surface area (Å²) < 4.78 is 22.8. The number of nitrogens with zero attached hydrogens (tertiary/aromatic N) is 1. The molecule has 0 aromatic rings. The van der Waals surface area contributed by atoms with Gasteiger partial charge in [-0.1, -0.05) is 18.0 Å². The van der Waals surface area contributed by atoms with Crippen LogP contribution in [0.1, 0.15) is 32.1 Å². The average Bonchev–Trinajstić information content (AvgIpc) is 2.95. The van der Waals surface area contributed by atoms with Crippen LogP contribution in [-0.4, -0.2) is 42.4 Å². The third-order valence-electron chi connectivity index (χ3n) is 4.02. The summed E-state index contributed by atoms with van der Waals surface area (Å²) in [6.07, 6.45) is 3.36. The van der Waals surface area contributed by atoms with Gasteiger partial charge in [-0.3, -0.25) is 4.79 Å². The van der Waals surface area contributed by atoms with E-state index in [0.717, 1.165) is 12.8 Å². The van der Waals surface area contributed by atoms with Gasteiger partial charge in [0.05, 0.1) is 17.4 Å². The summed E-state index contributed by atoms with van der Waals surface area (Å²) in [6.45, 7) is 0. The van der Waals surface area contributed by atoms with Crippen molar-refractivity contribution in [3.63, 3.8) is 0 Å². The van der Waals surface area contributed by atoms with Crippen LogP contribution in [0.4, 0.5) is 0 Å². The van der Waals surface area contributed by atoms with Crippen LogP contribution in [0, 0.1) is 5.92 Å². The summed E-state index contributed by atoms with van der Waals surface area (Å²) in [7, 11) is -3.09. The maximum Gasteiger partial charge on any atom is 0.224 e. The molecule has 2 aliphatic rings. The maximum absolute atomic E-state index is 12.1. The van der Waals surface area contributed by atoms with Crippen molar-refractivity contribution in [3.8, 4) is 0 Å². The molecule has 1 atom stereocenters. The van der Waals surface area contributed by atoms with E-state index in [1.165, 1.54) is 0 Å². The number of hydrogen-bond acceptors (Lipinski definition) is 5. The Bertz CT molecular complexity index is 494. The molecule has 1 aliphatic carbocycles. The van der Waals surface area contributed by atoms with Crippen molar-refractivity contribution in [2.24, 2.45) is 16.8 Å². The van der Waals surface area contributed by atoms with Crippen molar-refractivity contribution < 1.29 is 18.4 Å². The van der Waals surface area contributed by atoms with Gasteiger partial charge >= 0.3 is 0 Å². The van der Waals surface area contributed by atoms with Crippen LogP contribution in [0.5, 0.6) is 0 Å². The van der Waals surface area contributed by atoms with Crippen molar-refractivity contribution in [2.45, 2.75) is 37.6 Å². The molecule has 1 unspecified atom stereocenters. The van der Waals surface area contributed by atoms with Gasteiger partial charge in [-0.25, -0.2) is 8.42 Å². The summed E-state index contributed by atoms with van der Waals surface area (Å²) in [5, 5.41) is 14.7. The number of carbonyl (C=O) groups is 1. The first-order chi connectivity index (χ1) is 8.88. The van der Waals surface area contributed by atoms with Gasteiger partial charge in [0.25, 0.3) is 0 Å². The van der Waals surface area contributed by atoms with Crippen LogP contribution >= 0.6 is 0 Å². The van der Waals surface area contributed by atoms with Crippen molar-refractivity contribution in [1.29, 1.82) is 0 Å². The Hall–Kier alpha value is -1.31. The lowest BCUT2D eigenvalue weighted by molar-refractivity contribution is -0.125. The number of oxime groups is 1. The second-order valence-corrected chi connectivity index (χ2v) is 7.59. The van der Waals surface area contributed by atoms with Crippen molar-refractivity contribution in [2.75, 3.05) is 11.5 Å². The van der Waals surface area contributed by atoms with Gasteiger partial charge < -0.3 is 16.3 Å². The number of carbonyl (C=O) groups excluding carboxylic acids is 1. The van der Waals surface area contributed by atoms with E-state index in [1.807, 2.05) is 0 Å². The Labute approximate surface area is 112 Å². The molecule has 1 amide bonds. The van der Waals surface area contributed by atoms with Crippen LogP contribution < -0.4 is 11.1 Å². The number of sulfone groups is 1. The Kier molecular flexibility index (Phi) is 3.71. The lowest BCUT2D eigenvalue weighted by Gasteiger charge is -2.29. The molecule has 2 fully saturated rings. The first kappa shape index (κ1) is 14.1. The first-order valence-electron chi connectivity index (χ1n) is 6.39. The quantitative estimate of drug-likeness (QED) is 0.282. The van der Waals surface area contributed by atoms with Gasteiger partial charge in [0.1, 0.15) is 5.54 Å². The summed E-state index contributed by atoms with van der Waals surface area (Å²) in [6, 6.07) is 0. The molecule has 1 saturated heterocycles. The van der Waals surface area contributed by atoms with E-state index in [1.54, 1.807) is 0 Å². The molecular weight excluding hydrogens is 270 g/mol. The Morgan fingerprint density at radius 1 is 1.37 bits per heavy atom. The lowest BCUT2D eigenvalue weighted by Crippen LogP contribution is -2.57. The second-order valence-electron chi connectivity index (χ2n) is 5.36. The lowest BCUT2D eigenvalue weighted by atomic mass is 9.94. The Balaban J connectivity index is 2.09. The first-order valence-corrected chi connectivity index (χ1v) is 8.21. The predicted octanol–water partition coefficient (Wildman–Crippen LogP) is -0.404. The molecule has 1 heterocycles. The Morgan fingerprint density at radius 2 is 2.00 bits per heavy atom. The highest BCUT2D eigenvalue weighted by Crippen LogP contribution is 2.31. The number of hydrogen-bond donors (Lipinski definition) is 3. The van der Waals surface area contributed by atoms with E-state index in [9.17, 15) is 13.2 Å². The van der Waals surface area contributed by atoms with Gasteiger partial charge in [0.2, 0.25) is 5.91 Å². The van der Waals surface area contributed by atoms with Crippen molar-refractivity contribution in [1.82, 2.24) is 5.32 Å². The molecule has 0 aromatic heterocycles. The third-order valence-corrected chi connectivity index (χ3v) is 5.79. The monoisotopic (exact) mass is 289 g/mol. The van der Waals surface area contributed by atoms with Gasteiger partial charge in [0.15, 0.2) is 15.7 Å². The molecule has 108 valence electrons. The van der Waals surface area contributed by atoms with Crippen molar-refractivity contribution in [3.05, 3.63) is 0 Å². The van der Waals surface area contributed by atoms with E-state index in [-0.39, 0.29) is 23.2 Å². The molecule has 0 spiro atoms. The SMILES string of the molecule is NC(=NO)C1(NC(=O)C2CCS(=O)(=O)C2)CCCC1. The maximum atomic E-state index is 12.1. The summed E-state index contributed by atoms with van der Waals surface area (Å²) >= 11 is 0. The van der Waals surface area contributed by atoms with Crippen LogP contribution in [0.25, 0.3) is 0 Å². The zero-order chi connectivity index (χ0) is 14.1. The van der Waals surface area contributed by atoms with Gasteiger partial charge in [0, 0.05) is 0 Å². The second kappa shape index (κ2) is 4.99. The molecule has 0 bridgehead atoms. The Morgan fingerprint density at radius 3 is 2.47 bits per heavy atom. The van der Waals surface area contributed by atoms with E-state index in [4.69, 9.17) is 10.9 Å². The fourth-order valence-electron chi connectivity index (χ4n) is 2.86. The average molecular weight is 289 g/mol. The van der Waals surface area contributed by atoms with Gasteiger partial charge in [-0.05, 0) is 19.3 Å². The van der Waals surface area contributed by atoms with Crippen LogP contribution in [0.3, 0.4) is 0 Å². The minimum absolute atomic E-state index is 0.000737. The van der Waals surface area contributed by atoms with Crippen LogP contribution in [0.2, 0.25) is 0 Å². The van der Waals surface area contributed by atoms with Crippen LogP contribution in [-0.2, 0) is 14.6 Å². The molecule has 0 radical (unpaired) electrons. The molecule has 2 rings (SSSR count). The topological polar surface area (TPSA) is 122 Å². The standard InChI is InChI=1S/C11H19N3O4S/c12-10(14-16)11(4-1-2-5-11)13-9(15)8-3-6-19(17,18)7-8/h8,16H,1-7H2,(H2,12,14)(H,13,15). The fraction of sp³-hybridized carbons (Fsp3) is 0.818. The predicted molar refractivity (Wildman–Crippen MR) is 69.5 cm³/mol. The minimum atomic E-state index is -3.09. The normalized spacial score (nSPS) is 29.3. The van der Waals surface area contributed by atoms with Crippen molar-refractivity contribution >= 4 is 21.6 Å². The number of amides is 1. The van der Waals surface area contributed by atoms with E-state index in [2.05, 4.69) is 10.5 Å². The molecular formula is C11H19N3O4S. The third kappa shape index (κ3) is 2.83. The highest BCUT2D eigenvalue weighted by atomic mass is 32.2. The molecule has 1 saturated carbocycles. The zero-order valence-electron chi connectivity index (χ0n) is 10.6. The van der Waals surface area contributed by atoms with Gasteiger partial charge in [-0.2, -0.15) is 0 Å². The number of rotatable bonds is 3. The van der Waals surface area contributed by atoms with E-state index < -0.39 is 21.3 Å². The number of nitrogens with two attached hydrogens (primary N) is 1. The summed E-state index contributed by atoms with van der Waals surface area (Å²) in [4.78, 5) is 12.1. The molecule has 0 aromatic carbocycles. The fourth-order valence-corrected chi connectivity index (χ4v) is 4.60. The summed E-state index contributed by atoms with van der Waals surface area (Å²) in [5.74, 6) is -0.880. The minimum Gasteiger partial charge on any atom is -0.409 e. The smallest absolute Gasteiger partial charge is 0.224 e. The largest absolute Gasteiger partial charge is 0.409 e. The van der Waals surface area contributed by atoms with E-state index >= 15 is 0 Å². The zero-order valence-corrected chi connectivity index (χ0v) is 11.4. The number of amidine groups is 1.